The van der Waals surface area contributed by atoms with Crippen LogP contribution in [0.5, 0.6) is 0 Å². The van der Waals surface area contributed by atoms with E-state index in [1.807, 2.05) is 0 Å². The Morgan fingerprint density at radius 1 is 1.27 bits per heavy atom. The van der Waals surface area contributed by atoms with Gasteiger partial charge in [-0.2, -0.15) is 0 Å². The monoisotopic (exact) mass is 217 g/mol. The van der Waals surface area contributed by atoms with Crippen molar-refractivity contribution in [1.82, 2.24) is 4.90 Å². The van der Waals surface area contributed by atoms with Gasteiger partial charge in [0, 0.05) is 19.9 Å². The second-order valence-electron chi connectivity index (χ2n) is 3.09. The molecule has 1 amide bonds. The van der Waals surface area contributed by atoms with Crippen LogP contribution in [0, 0.1) is 0 Å². The molecule has 0 fully saturated rings. The zero-order valence-corrected chi connectivity index (χ0v) is 8.77. The van der Waals surface area contributed by atoms with Crippen molar-refractivity contribution in [2.75, 3.05) is 6.54 Å². The number of hydrogen-bond donors (Lipinski definition) is 2. The smallest absolute Gasteiger partial charge is 0.326 e. The van der Waals surface area contributed by atoms with Crippen LogP contribution in [0.3, 0.4) is 0 Å². The maximum atomic E-state index is 11.1. The van der Waals surface area contributed by atoms with Crippen molar-refractivity contribution in [2.24, 2.45) is 0 Å². The molecule has 1 atom stereocenters. The van der Waals surface area contributed by atoms with Crippen LogP contribution in [0.4, 0.5) is 0 Å². The Hall–Kier alpha value is -1.59. The third-order valence-corrected chi connectivity index (χ3v) is 2.04. The van der Waals surface area contributed by atoms with Crippen LogP contribution in [-0.4, -0.2) is 45.5 Å². The molecule has 0 aliphatic rings. The Morgan fingerprint density at radius 3 is 2.07 bits per heavy atom. The van der Waals surface area contributed by atoms with Gasteiger partial charge in [-0.05, 0) is 13.3 Å². The molecule has 2 N–H and O–H groups in total. The topological polar surface area (TPSA) is 94.9 Å². The van der Waals surface area contributed by atoms with Gasteiger partial charge in [0.1, 0.15) is 6.04 Å². The number of rotatable bonds is 6. The highest BCUT2D eigenvalue weighted by Crippen LogP contribution is 2.08. The largest absolute Gasteiger partial charge is 0.481 e. The van der Waals surface area contributed by atoms with Crippen LogP contribution in [0.25, 0.3) is 0 Å². The van der Waals surface area contributed by atoms with Gasteiger partial charge in [-0.3, -0.25) is 9.59 Å². The van der Waals surface area contributed by atoms with E-state index in [0.717, 1.165) is 4.90 Å². The second kappa shape index (κ2) is 6.00. The van der Waals surface area contributed by atoms with Gasteiger partial charge in [-0.25, -0.2) is 4.79 Å². The molecule has 0 radical (unpaired) electrons. The summed E-state index contributed by atoms with van der Waals surface area (Å²) in [5, 5.41) is 17.3. The predicted octanol–water partition coefficient (Wildman–Crippen LogP) is 0.173. The second-order valence-corrected chi connectivity index (χ2v) is 3.09. The molecule has 0 aromatic heterocycles. The Bertz CT molecular complexity index is 263. The maximum Gasteiger partial charge on any atom is 0.326 e. The number of carboxylic acid groups (broad SMARTS) is 2. The predicted molar refractivity (Wildman–Crippen MR) is 51.4 cm³/mol. The fourth-order valence-corrected chi connectivity index (χ4v) is 1.34. The van der Waals surface area contributed by atoms with Crippen molar-refractivity contribution in [3.05, 3.63) is 0 Å². The number of hydrogen-bond acceptors (Lipinski definition) is 3. The van der Waals surface area contributed by atoms with Crippen molar-refractivity contribution in [2.45, 2.75) is 32.7 Å². The van der Waals surface area contributed by atoms with Crippen molar-refractivity contribution in [3.8, 4) is 0 Å². The fourth-order valence-electron chi connectivity index (χ4n) is 1.34. The van der Waals surface area contributed by atoms with E-state index < -0.39 is 18.0 Å². The summed E-state index contributed by atoms with van der Waals surface area (Å²) in [4.78, 5) is 33.4. The van der Waals surface area contributed by atoms with Gasteiger partial charge in [0.15, 0.2) is 0 Å². The van der Waals surface area contributed by atoms with Gasteiger partial charge < -0.3 is 15.1 Å². The number of aliphatic carboxylic acids is 2. The van der Waals surface area contributed by atoms with Crippen LogP contribution in [0.2, 0.25) is 0 Å². The molecule has 86 valence electrons. The van der Waals surface area contributed by atoms with E-state index in [-0.39, 0.29) is 25.3 Å². The lowest BCUT2D eigenvalue weighted by Crippen LogP contribution is -2.44. The molecule has 0 spiro atoms. The SMILES string of the molecule is CCN(C(C)=O)[C@@H](CCC(=O)O)C(=O)O. The van der Waals surface area contributed by atoms with Gasteiger partial charge in [0.05, 0.1) is 0 Å². The first-order chi connectivity index (χ1) is 6.90. The van der Waals surface area contributed by atoms with Crippen LogP contribution in [-0.2, 0) is 14.4 Å². The van der Waals surface area contributed by atoms with Gasteiger partial charge in [-0.15, -0.1) is 0 Å². The first-order valence-electron chi connectivity index (χ1n) is 4.62. The molecule has 0 aromatic carbocycles. The van der Waals surface area contributed by atoms with E-state index in [9.17, 15) is 14.4 Å². The van der Waals surface area contributed by atoms with Gasteiger partial charge in [0.2, 0.25) is 5.91 Å². The Balaban J connectivity index is 4.55. The van der Waals surface area contributed by atoms with E-state index in [0.29, 0.717) is 0 Å². The number of likely N-dealkylation sites (N-methyl/N-ethyl adjacent to an activating group) is 1. The normalized spacial score (nSPS) is 11.9. The maximum absolute atomic E-state index is 11.1. The molecule has 6 nitrogen and oxygen atoms in total. The van der Waals surface area contributed by atoms with E-state index in [2.05, 4.69) is 0 Å². The zero-order chi connectivity index (χ0) is 12.0. The molecule has 0 aliphatic carbocycles. The van der Waals surface area contributed by atoms with Gasteiger partial charge >= 0.3 is 11.9 Å². The summed E-state index contributed by atoms with van der Waals surface area (Å²) in [5.41, 5.74) is 0. The molecule has 0 aromatic rings. The van der Waals surface area contributed by atoms with Crippen molar-refractivity contribution < 1.29 is 24.6 Å². The number of amides is 1. The lowest BCUT2D eigenvalue weighted by Gasteiger charge is -2.26. The molecule has 0 bridgehead atoms. The molecule has 0 heterocycles. The number of carbonyl (C=O) groups is 3. The molecule has 15 heavy (non-hydrogen) atoms. The fraction of sp³-hybridized carbons (Fsp3) is 0.667. The molecular weight excluding hydrogens is 202 g/mol. The first-order valence-corrected chi connectivity index (χ1v) is 4.62. The molecule has 6 heteroatoms. The average Bonchev–Trinajstić information content (AvgIpc) is 2.10. The Labute approximate surface area is 87.5 Å². The minimum absolute atomic E-state index is 0.0713. The van der Waals surface area contributed by atoms with E-state index >= 15 is 0 Å². The minimum Gasteiger partial charge on any atom is -0.481 e. The zero-order valence-electron chi connectivity index (χ0n) is 8.77. The highest BCUT2D eigenvalue weighted by Gasteiger charge is 2.26. The quantitative estimate of drug-likeness (QED) is 0.661. The molecule has 0 aliphatic heterocycles. The lowest BCUT2D eigenvalue weighted by molar-refractivity contribution is -0.150. The highest BCUT2D eigenvalue weighted by atomic mass is 16.4. The minimum atomic E-state index is -1.17. The van der Waals surface area contributed by atoms with E-state index in [1.54, 1.807) is 6.92 Å². The average molecular weight is 217 g/mol. The Morgan fingerprint density at radius 2 is 1.80 bits per heavy atom. The number of carboxylic acids is 2. The number of nitrogens with zero attached hydrogens (tertiary/aromatic N) is 1. The van der Waals surface area contributed by atoms with Crippen molar-refractivity contribution >= 4 is 17.8 Å². The van der Waals surface area contributed by atoms with Crippen LogP contribution < -0.4 is 0 Å². The molecule has 0 rings (SSSR count). The summed E-state index contributed by atoms with van der Waals surface area (Å²) in [7, 11) is 0. The summed E-state index contributed by atoms with van der Waals surface area (Å²) in [6.45, 7) is 3.17. The van der Waals surface area contributed by atoms with Crippen molar-refractivity contribution in [3.63, 3.8) is 0 Å². The molecular formula is C9H15NO5. The molecule has 0 unspecified atom stereocenters. The number of carbonyl (C=O) groups excluding carboxylic acids is 1. The lowest BCUT2D eigenvalue weighted by atomic mass is 10.1. The van der Waals surface area contributed by atoms with Crippen molar-refractivity contribution in [1.29, 1.82) is 0 Å². The first kappa shape index (κ1) is 13.4. The third-order valence-electron chi connectivity index (χ3n) is 2.04. The summed E-state index contributed by atoms with van der Waals surface area (Å²) in [5.74, 6) is -2.61. The van der Waals surface area contributed by atoms with E-state index in [4.69, 9.17) is 10.2 Å². The molecule has 0 saturated heterocycles. The standard InChI is InChI=1S/C9H15NO5/c1-3-10(6(2)11)7(9(14)15)4-5-8(12)13/h7H,3-5H2,1-2H3,(H,12,13)(H,14,15)/t7-/m0/s1. The van der Waals surface area contributed by atoms with Gasteiger partial charge in [-0.1, -0.05) is 0 Å². The third kappa shape index (κ3) is 4.44. The van der Waals surface area contributed by atoms with Crippen LogP contribution in [0.1, 0.15) is 26.7 Å². The molecule has 0 saturated carbocycles. The summed E-state index contributed by atoms with van der Waals surface area (Å²) in [6.07, 6.45) is -0.334. The summed E-state index contributed by atoms with van der Waals surface area (Å²) in [6, 6.07) is -1.05. The summed E-state index contributed by atoms with van der Waals surface area (Å²) < 4.78 is 0. The highest BCUT2D eigenvalue weighted by molar-refractivity contribution is 5.82. The van der Waals surface area contributed by atoms with Crippen LogP contribution >= 0.6 is 0 Å². The van der Waals surface area contributed by atoms with Crippen LogP contribution in [0.15, 0.2) is 0 Å². The van der Waals surface area contributed by atoms with Gasteiger partial charge in [0.25, 0.3) is 0 Å². The van der Waals surface area contributed by atoms with E-state index in [1.165, 1.54) is 6.92 Å². The Kier molecular flexibility index (Phi) is 5.36. The summed E-state index contributed by atoms with van der Waals surface area (Å²) >= 11 is 0.